The second-order valence-corrected chi connectivity index (χ2v) is 9.02. The zero-order chi connectivity index (χ0) is 24.3. The van der Waals surface area contributed by atoms with Gasteiger partial charge in [-0.05, 0) is 27.0 Å². The Balaban J connectivity index is 0.000000479. The molecule has 0 aliphatic heterocycles. The van der Waals surface area contributed by atoms with Crippen LogP contribution in [0.4, 0.5) is 0 Å². The summed E-state index contributed by atoms with van der Waals surface area (Å²) < 4.78 is 35.7. The summed E-state index contributed by atoms with van der Waals surface area (Å²) in [7, 11) is 3.46. The van der Waals surface area contributed by atoms with Crippen molar-refractivity contribution in [2.24, 2.45) is 0 Å². The molecule has 2 unspecified atom stereocenters. The van der Waals surface area contributed by atoms with Crippen molar-refractivity contribution >= 4 is 10.4 Å². The lowest BCUT2D eigenvalue weighted by Crippen LogP contribution is -2.35. The van der Waals surface area contributed by atoms with Gasteiger partial charge in [-0.25, -0.2) is 0 Å². The average Bonchev–Trinajstić information content (AvgIpc) is 2.73. The van der Waals surface area contributed by atoms with Gasteiger partial charge < -0.3 is 9.11 Å². The van der Waals surface area contributed by atoms with Gasteiger partial charge in [0.15, 0.2) is 0 Å². The van der Waals surface area contributed by atoms with Crippen LogP contribution < -0.4 is 0 Å². The van der Waals surface area contributed by atoms with Crippen molar-refractivity contribution < 1.29 is 26.5 Å². The third-order valence-corrected chi connectivity index (χ3v) is 5.50. The number of benzene rings is 2. The Morgan fingerprint density at radius 2 is 0.935 bits per heavy atom. The van der Waals surface area contributed by atoms with Crippen LogP contribution in [0.15, 0.2) is 86.2 Å². The second kappa shape index (κ2) is 12.5. The van der Waals surface area contributed by atoms with Crippen molar-refractivity contribution in [2.45, 2.75) is 25.9 Å². The Bertz CT molecular complexity index is 826. The van der Waals surface area contributed by atoms with Crippen molar-refractivity contribution in [1.82, 2.24) is 0 Å². The molecule has 0 fully saturated rings. The van der Waals surface area contributed by atoms with Gasteiger partial charge >= 0.3 is 0 Å². The van der Waals surface area contributed by atoms with E-state index in [1.165, 1.54) is 11.1 Å². The molecule has 172 valence electrons. The number of quaternary nitrogens is 2. The fraction of sp³-hybridized carbons (Fsp3) is 0.333. The molecule has 0 N–H and O–H groups in total. The molecule has 31 heavy (non-hydrogen) atoms. The zero-order valence-electron chi connectivity index (χ0n) is 19.4. The molecular formula is C24H36N2O4S. The van der Waals surface area contributed by atoms with Gasteiger partial charge in [-0.15, -0.1) is 0 Å². The zero-order valence-corrected chi connectivity index (χ0v) is 20.2. The first-order valence-electron chi connectivity index (χ1n) is 9.86. The van der Waals surface area contributed by atoms with E-state index in [1.807, 2.05) is 24.5 Å². The third kappa shape index (κ3) is 11.6. The molecule has 0 aliphatic carbocycles. The van der Waals surface area contributed by atoms with E-state index < -0.39 is 10.4 Å². The van der Waals surface area contributed by atoms with E-state index in [9.17, 15) is 0 Å². The number of nitrogens with zero attached hydrogens (tertiary/aromatic N) is 2. The molecule has 0 aromatic heterocycles. The van der Waals surface area contributed by atoms with Crippen molar-refractivity contribution in [3.05, 3.63) is 97.3 Å². The van der Waals surface area contributed by atoms with E-state index in [2.05, 4.69) is 104 Å². The molecule has 2 aromatic rings. The Morgan fingerprint density at radius 3 is 1.13 bits per heavy atom. The van der Waals surface area contributed by atoms with E-state index >= 15 is 0 Å². The van der Waals surface area contributed by atoms with Gasteiger partial charge in [0.05, 0.1) is 40.6 Å². The fourth-order valence-corrected chi connectivity index (χ4v) is 2.55. The summed E-state index contributed by atoms with van der Waals surface area (Å²) >= 11 is 0. The lowest BCUT2D eigenvalue weighted by Gasteiger charge is -2.32. The highest BCUT2D eigenvalue weighted by molar-refractivity contribution is 7.79. The maximum Gasteiger partial charge on any atom is 0.116 e. The van der Waals surface area contributed by atoms with Gasteiger partial charge in [0.2, 0.25) is 0 Å². The van der Waals surface area contributed by atoms with Crippen LogP contribution >= 0.6 is 0 Å². The Morgan fingerprint density at radius 1 is 0.710 bits per heavy atom. The van der Waals surface area contributed by atoms with Crippen molar-refractivity contribution in [3.63, 3.8) is 0 Å². The predicted molar refractivity (Wildman–Crippen MR) is 125 cm³/mol. The normalized spacial score (nSPS) is 13.4. The van der Waals surface area contributed by atoms with Crippen LogP contribution in [0.2, 0.25) is 0 Å². The van der Waals surface area contributed by atoms with Crippen LogP contribution in [-0.2, 0) is 10.4 Å². The smallest absolute Gasteiger partial charge is 0.116 e. The highest BCUT2D eigenvalue weighted by Crippen LogP contribution is 2.24. The molecule has 0 radical (unpaired) electrons. The number of hydrogen-bond donors (Lipinski definition) is 0. The molecule has 6 nitrogen and oxygen atoms in total. The molecule has 0 spiro atoms. The predicted octanol–water partition coefficient (Wildman–Crippen LogP) is 4.60. The van der Waals surface area contributed by atoms with Crippen LogP contribution in [0, 0.1) is 0 Å². The van der Waals surface area contributed by atoms with E-state index in [-0.39, 0.29) is 0 Å². The highest BCUT2D eigenvalue weighted by Gasteiger charge is 2.22. The molecule has 2 atom stereocenters. The summed E-state index contributed by atoms with van der Waals surface area (Å²) in [6, 6.07) is 22.0. The summed E-state index contributed by atoms with van der Waals surface area (Å²) in [4.78, 5) is 0. The van der Waals surface area contributed by atoms with Gasteiger partial charge in [-0.3, -0.25) is 17.4 Å². The topological polar surface area (TPSA) is 80.3 Å². The van der Waals surface area contributed by atoms with Crippen molar-refractivity contribution in [2.75, 3.05) is 28.2 Å². The van der Waals surface area contributed by atoms with Crippen LogP contribution in [-0.4, -0.2) is 54.7 Å². The summed E-state index contributed by atoms with van der Waals surface area (Å²) in [6.07, 6.45) is 3.94. The molecule has 0 amide bonds. The lowest BCUT2D eigenvalue weighted by atomic mass is 10.1. The molecule has 0 heterocycles. The van der Waals surface area contributed by atoms with Crippen LogP contribution in [0.3, 0.4) is 0 Å². The molecule has 0 saturated carbocycles. The maximum absolute atomic E-state index is 8.52. The lowest BCUT2D eigenvalue weighted by molar-refractivity contribution is -0.869. The molecule has 2 aromatic carbocycles. The summed E-state index contributed by atoms with van der Waals surface area (Å²) in [5.41, 5.74) is 2.71. The van der Waals surface area contributed by atoms with E-state index in [0.29, 0.717) is 12.1 Å². The number of hydrogen-bond acceptors (Lipinski definition) is 4. The minimum absolute atomic E-state index is 0.457. The minimum atomic E-state index is -5.17. The maximum atomic E-state index is 8.52. The SMILES string of the molecule is C=C[N+](C)(C)C(C)c1ccccc1.C=C[N+](C)(C)C(C)c1ccccc1.O=S(=O)([O-])[O-]. The van der Waals surface area contributed by atoms with E-state index in [4.69, 9.17) is 17.5 Å². The molecule has 2 rings (SSSR count). The van der Waals surface area contributed by atoms with Crippen molar-refractivity contribution in [3.8, 4) is 0 Å². The quantitative estimate of drug-likeness (QED) is 0.367. The van der Waals surface area contributed by atoms with Gasteiger partial charge in [-0.2, -0.15) is 0 Å². The molecular weight excluding hydrogens is 412 g/mol. The second-order valence-electron chi connectivity index (χ2n) is 8.20. The first-order valence-corrected chi connectivity index (χ1v) is 11.2. The first kappa shape index (κ1) is 28.7. The fourth-order valence-electron chi connectivity index (χ4n) is 2.55. The standard InChI is InChI=1S/2C12H18N.H2O4S/c2*1-5-13(3,4)11(2)12-9-7-6-8-10-12;1-5(2,3)4/h2*5-11H,1H2,2-4H3;(H2,1,2,3,4)/q2*+1;/p-2. The summed E-state index contributed by atoms with van der Waals surface area (Å²) in [6.45, 7) is 12.1. The monoisotopic (exact) mass is 448 g/mol. The Labute approximate surface area is 188 Å². The summed E-state index contributed by atoms with van der Waals surface area (Å²) in [5.74, 6) is 0. The molecule has 7 heteroatoms. The van der Waals surface area contributed by atoms with Crippen molar-refractivity contribution in [1.29, 1.82) is 0 Å². The van der Waals surface area contributed by atoms with Gasteiger partial charge in [-0.1, -0.05) is 60.7 Å². The Kier molecular flexibility index (Phi) is 11.6. The largest absolute Gasteiger partial charge is 0.759 e. The summed E-state index contributed by atoms with van der Waals surface area (Å²) in [5, 5.41) is 0. The van der Waals surface area contributed by atoms with E-state index in [0.717, 1.165) is 8.97 Å². The van der Waals surface area contributed by atoms with Crippen LogP contribution in [0.25, 0.3) is 0 Å². The third-order valence-electron chi connectivity index (χ3n) is 5.50. The molecule has 0 saturated heterocycles. The molecule has 0 aliphatic rings. The van der Waals surface area contributed by atoms with Gasteiger partial charge in [0, 0.05) is 21.5 Å². The Hall–Kier alpha value is -2.29. The number of rotatable bonds is 6. The minimum Gasteiger partial charge on any atom is -0.759 e. The average molecular weight is 449 g/mol. The van der Waals surface area contributed by atoms with Crippen LogP contribution in [0.1, 0.15) is 37.1 Å². The highest BCUT2D eigenvalue weighted by atomic mass is 32.3. The van der Waals surface area contributed by atoms with Gasteiger partial charge in [0.25, 0.3) is 0 Å². The van der Waals surface area contributed by atoms with Gasteiger partial charge in [0.1, 0.15) is 12.1 Å². The van der Waals surface area contributed by atoms with E-state index in [1.54, 1.807) is 0 Å². The first-order chi connectivity index (χ1) is 14.2. The van der Waals surface area contributed by atoms with Crippen LogP contribution in [0.5, 0.6) is 0 Å². The molecule has 0 bridgehead atoms.